The van der Waals surface area contributed by atoms with Crippen molar-refractivity contribution >= 4 is 16.5 Å². The molecule has 2 aromatic rings. The Balaban J connectivity index is 1.53. The Morgan fingerprint density at radius 2 is 1.86 bits per heavy atom. The van der Waals surface area contributed by atoms with Crippen molar-refractivity contribution in [1.82, 2.24) is 9.88 Å². The molecule has 0 radical (unpaired) electrons. The lowest BCUT2D eigenvalue weighted by Crippen LogP contribution is -2.46. The van der Waals surface area contributed by atoms with E-state index < -0.39 is 6.10 Å². The minimum atomic E-state index is -0.662. The van der Waals surface area contributed by atoms with Crippen molar-refractivity contribution in [3.8, 4) is 0 Å². The number of anilines is 1. The van der Waals surface area contributed by atoms with Crippen molar-refractivity contribution in [2.45, 2.75) is 62.5 Å². The molecule has 158 valence electrons. The van der Waals surface area contributed by atoms with Crippen LogP contribution >= 0.6 is 11.3 Å². The second-order valence-electron chi connectivity index (χ2n) is 8.60. The predicted octanol–water partition coefficient (Wildman–Crippen LogP) is 3.62. The van der Waals surface area contributed by atoms with Gasteiger partial charge in [0.25, 0.3) is 0 Å². The molecule has 0 spiro atoms. The average Bonchev–Trinajstić information content (AvgIpc) is 3.24. The normalized spacial score (nSPS) is 21.7. The molecule has 1 aliphatic carbocycles. The molecule has 3 N–H and O–H groups in total. The summed E-state index contributed by atoms with van der Waals surface area (Å²) in [4.78, 5) is 7.34. The van der Waals surface area contributed by atoms with Crippen LogP contribution in [0.3, 0.4) is 0 Å². The van der Waals surface area contributed by atoms with Crippen molar-refractivity contribution in [3.05, 3.63) is 47.0 Å². The first-order chi connectivity index (χ1) is 14.2. The molecule has 2 aliphatic rings. The number of aliphatic hydroxyl groups is 2. The number of hydrogen-bond donors (Lipinski definition) is 3. The van der Waals surface area contributed by atoms with Crippen LogP contribution in [-0.4, -0.2) is 58.5 Å². The molecule has 2 heterocycles. The van der Waals surface area contributed by atoms with Gasteiger partial charge in [0.15, 0.2) is 5.13 Å². The van der Waals surface area contributed by atoms with Crippen molar-refractivity contribution < 1.29 is 10.2 Å². The first kappa shape index (κ1) is 20.8. The number of piperidine rings is 1. The van der Waals surface area contributed by atoms with Crippen LogP contribution in [0.1, 0.15) is 56.2 Å². The number of aliphatic hydroxyl groups excluding tert-OH is 2. The molecule has 1 saturated carbocycles. The van der Waals surface area contributed by atoms with E-state index in [4.69, 9.17) is 10.1 Å². The smallest absolute Gasteiger partial charge is 0.183 e. The lowest BCUT2D eigenvalue weighted by molar-refractivity contribution is 0.0464. The van der Waals surface area contributed by atoms with E-state index in [1.165, 1.54) is 43.4 Å². The van der Waals surface area contributed by atoms with E-state index in [-0.39, 0.29) is 12.0 Å². The van der Waals surface area contributed by atoms with Crippen LogP contribution in [0.15, 0.2) is 35.7 Å². The quantitative estimate of drug-likeness (QED) is 0.644. The summed E-state index contributed by atoms with van der Waals surface area (Å²) in [6.07, 6.45) is 7.79. The number of benzene rings is 1. The highest BCUT2D eigenvalue weighted by atomic mass is 32.1. The van der Waals surface area contributed by atoms with Gasteiger partial charge in [0.2, 0.25) is 0 Å². The van der Waals surface area contributed by atoms with Gasteiger partial charge in [0.1, 0.15) is 0 Å². The van der Waals surface area contributed by atoms with Gasteiger partial charge in [-0.1, -0.05) is 49.6 Å². The second kappa shape index (κ2) is 9.56. The fourth-order valence-electron chi connectivity index (χ4n) is 4.90. The third-order valence-electron chi connectivity index (χ3n) is 6.64. The molecule has 1 saturated heterocycles. The predicted molar refractivity (Wildman–Crippen MR) is 119 cm³/mol. The van der Waals surface area contributed by atoms with Crippen molar-refractivity contribution in [1.29, 1.82) is 0 Å². The Hall–Kier alpha value is -1.47. The molecule has 0 amide bonds. The highest BCUT2D eigenvalue weighted by Crippen LogP contribution is 2.42. The molecule has 6 heteroatoms. The van der Waals surface area contributed by atoms with Gasteiger partial charge >= 0.3 is 0 Å². The maximum Gasteiger partial charge on any atom is 0.183 e. The first-order valence-corrected chi connectivity index (χ1v) is 11.9. The minimum absolute atomic E-state index is 0.0785. The van der Waals surface area contributed by atoms with E-state index in [1.54, 1.807) is 11.3 Å². The zero-order valence-corrected chi connectivity index (χ0v) is 17.9. The monoisotopic (exact) mass is 415 g/mol. The largest absolute Gasteiger partial charge is 0.394 e. The maximum atomic E-state index is 9.82. The van der Waals surface area contributed by atoms with Gasteiger partial charge in [0.05, 0.1) is 18.4 Å². The summed E-state index contributed by atoms with van der Waals surface area (Å²) < 4.78 is 0. The fourth-order valence-corrected chi connectivity index (χ4v) is 5.79. The third kappa shape index (κ3) is 4.82. The number of thiazole rings is 1. The van der Waals surface area contributed by atoms with Gasteiger partial charge in [-0.25, -0.2) is 4.98 Å². The molecule has 1 aliphatic heterocycles. The molecule has 5 nitrogen and oxygen atoms in total. The molecule has 0 bridgehead atoms. The van der Waals surface area contributed by atoms with Crippen molar-refractivity contribution in [2.24, 2.45) is 0 Å². The molecule has 4 rings (SSSR count). The van der Waals surface area contributed by atoms with Gasteiger partial charge in [0, 0.05) is 23.4 Å². The van der Waals surface area contributed by atoms with Gasteiger partial charge in [-0.3, -0.25) is 0 Å². The molecule has 1 atom stereocenters. The third-order valence-corrected chi connectivity index (χ3v) is 7.42. The Bertz CT molecular complexity index is 752. The number of hydrogen-bond acceptors (Lipinski definition) is 6. The standard InChI is InChI=1S/C23H33N3O2S/c27-16-20(28)15-26-13-11-23(12-14-26,18-7-3-1-4-8-18)21-17-29-22(25-21)24-19-9-5-2-6-10-19/h1,3-4,7-8,17,19-20,27-28H,2,5-6,9-16H2,(H,24,25). The van der Waals surface area contributed by atoms with Crippen LogP contribution in [0.2, 0.25) is 0 Å². The summed E-state index contributed by atoms with van der Waals surface area (Å²) in [6.45, 7) is 2.15. The van der Waals surface area contributed by atoms with Crippen LogP contribution < -0.4 is 5.32 Å². The number of likely N-dealkylation sites (tertiary alicyclic amines) is 1. The highest BCUT2D eigenvalue weighted by molar-refractivity contribution is 7.13. The minimum Gasteiger partial charge on any atom is -0.394 e. The number of nitrogens with one attached hydrogen (secondary N) is 1. The fraction of sp³-hybridized carbons (Fsp3) is 0.609. The highest BCUT2D eigenvalue weighted by Gasteiger charge is 2.40. The Labute approximate surface area is 177 Å². The van der Waals surface area contributed by atoms with Crippen LogP contribution in [-0.2, 0) is 5.41 Å². The van der Waals surface area contributed by atoms with Crippen molar-refractivity contribution in [3.63, 3.8) is 0 Å². The van der Waals surface area contributed by atoms with Gasteiger partial charge < -0.3 is 20.4 Å². The molecule has 1 aromatic heterocycles. The molecular formula is C23H33N3O2S. The van der Waals surface area contributed by atoms with Crippen LogP contribution in [0.4, 0.5) is 5.13 Å². The van der Waals surface area contributed by atoms with E-state index in [0.29, 0.717) is 12.6 Å². The van der Waals surface area contributed by atoms with Gasteiger partial charge in [-0.2, -0.15) is 0 Å². The zero-order chi connectivity index (χ0) is 20.1. The van der Waals surface area contributed by atoms with E-state index >= 15 is 0 Å². The summed E-state index contributed by atoms with van der Waals surface area (Å²) in [5.74, 6) is 0. The number of aromatic nitrogens is 1. The lowest BCUT2D eigenvalue weighted by atomic mass is 9.70. The second-order valence-corrected chi connectivity index (χ2v) is 9.46. The molecule has 1 unspecified atom stereocenters. The summed E-state index contributed by atoms with van der Waals surface area (Å²) >= 11 is 1.74. The van der Waals surface area contributed by atoms with E-state index in [1.807, 2.05) is 0 Å². The Morgan fingerprint density at radius 1 is 1.14 bits per heavy atom. The molecule has 2 fully saturated rings. The van der Waals surface area contributed by atoms with Crippen LogP contribution in [0, 0.1) is 0 Å². The van der Waals surface area contributed by atoms with Gasteiger partial charge in [-0.15, -0.1) is 11.3 Å². The summed E-state index contributed by atoms with van der Waals surface area (Å²) in [7, 11) is 0. The number of rotatable bonds is 7. The average molecular weight is 416 g/mol. The summed E-state index contributed by atoms with van der Waals surface area (Å²) in [5.41, 5.74) is 2.43. The molecule has 29 heavy (non-hydrogen) atoms. The maximum absolute atomic E-state index is 9.82. The number of β-amino-alcohol motifs (C(OH)–C–C–N with tert-alkyl or cyclic N) is 1. The lowest BCUT2D eigenvalue weighted by Gasteiger charge is -2.42. The van der Waals surface area contributed by atoms with Crippen LogP contribution in [0.5, 0.6) is 0 Å². The van der Waals surface area contributed by atoms with Gasteiger partial charge in [-0.05, 0) is 44.3 Å². The summed E-state index contributed by atoms with van der Waals surface area (Å²) in [5, 5.41) is 26.0. The van der Waals surface area contributed by atoms with Crippen molar-refractivity contribution in [2.75, 3.05) is 31.6 Å². The molecule has 1 aromatic carbocycles. The number of nitrogens with zero attached hydrogens (tertiary/aromatic N) is 2. The topological polar surface area (TPSA) is 68.6 Å². The van der Waals surface area contributed by atoms with E-state index in [2.05, 4.69) is 45.9 Å². The SMILES string of the molecule is OCC(O)CN1CCC(c2ccccc2)(c2csc(NC3CCCCC3)n2)CC1. The van der Waals surface area contributed by atoms with Crippen LogP contribution in [0.25, 0.3) is 0 Å². The van der Waals surface area contributed by atoms with E-state index in [9.17, 15) is 5.11 Å². The summed E-state index contributed by atoms with van der Waals surface area (Å²) in [6, 6.07) is 11.3. The zero-order valence-electron chi connectivity index (χ0n) is 17.1. The Morgan fingerprint density at radius 3 is 2.55 bits per heavy atom. The first-order valence-electron chi connectivity index (χ1n) is 11.0. The van der Waals surface area contributed by atoms with E-state index in [0.717, 1.165) is 31.1 Å². The molecular weight excluding hydrogens is 382 g/mol. The Kier molecular flexibility index (Phi) is 6.85.